The summed E-state index contributed by atoms with van der Waals surface area (Å²) in [7, 11) is 0. The lowest BCUT2D eigenvalue weighted by molar-refractivity contribution is 0.198. The first-order chi connectivity index (χ1) is 13.6. The standard InChI is InChI=1S/C21H22N6O/c1-3-18(28)24-21-25-19(23-15-11-9-14(2)10-12-15)17-13-22-27(20(17)26-21)16-7-5-4-6-8-16/h4-13,18,28H,3H2,1-2H3,(H2,23,24,25,26). The summed E-state index contributed by atoms with van der Waals surface area (Å²) in [4.78, 5) is 9.16. The number of aryl methyl sites for hydroxylation is 1. The lowest BCUT2D eigenvalue weighted by atomic mass is 10.2. The first-order valence-electron chi connectivity index (χ1n) is 9.23. The highest BCUT2D eigenvalue weighted by Crippen LogP contribution is 2.27. The fraction of sp³-hybridized carbons (Fsp3) is 0.190. The van der Waals surface area contributed by atoms with Crippen LogP contribution in [0.15, 0.2) is 60.8 Å². The molecule has 0 radical (unpaired) electrons. The molecule has 0 saturated heterocycles. The summed E-state index contributed by atoms with van der Waals surface area (Å²) in [6, 6.07) is 17.9. The Kier molecular flexibility index (Phi) is 4.90. The van der Waals surface area contributed by atoms with Crippen molar-refractivity contribution in [3.63, 3.8) is 0 Å². The van der Waals surface area contributed by atoms with E-state index >= 15 is 0 Å². The molecule has 3 N–H and O–H groups in total. The Hall–Kier alpha value is -3.45. The van der Waals surface area contributed by atoms with Gasteiger partial charge in [-0.25, -0.2) is 4.68 Å². The van der Waals surface area contributed by atoms with Gasteiger partial charge in [0.25, 0.3) is 0 Å². The second kappa shape index (κ2) is 7.66. The zero-order valence-corrected chi connectivity index (χ0v) is 15.8. The van der Waals surface area contributed by atoms with Crippen molar-refractivity contribution in [1.82, 2.24) is 19.7 Å². The molecular formula is C21H22N6O. The maximum absolute atomic E-state index is 10.00. The summed E-state index contributed by atoms with van der Waals surface area (Å²) in [5.74, 6) is 0.969. The topological polar surface area (TPSA) is 87.9 Å². The van der Waals surface area contributed by atoms with E-state index in [1.165, 1.54) is 5.56 Å². The molecule has 0 fully saturated rings. The van der Waals surface area contributed by atoms with Crippen LogP contribution in [0.4, 0.5) is 17.5 Å². The summed E-state index contributed by atoms with van der Waals surface area (Å²) in [5.41, 5.74) is 3.66. The third kappa shape index (κ3) is 3.65. The fourth-order valence-corrected chi connectivity index (χ4v) is 2.85. The molecule has 1 unspecified atom stereocenters. The maximum Gasteiger partial charge on any atom is 0.228 e. The van der Waals surface area contributed by atoms with Crippen LogP contribution in [-0.2, 0) is 0 Å². The molecule has 0 aliphatic heterocycles. The number of anilines is 3. The van der Waals surface area contributed by atoms with Crippen LogP contribution in [0.25, 0.3) is 16.7 Å². The summed E-state index contributed by atoms with van der Waals surface area (Å²) in [6.45, 7) is 3.93. The third-order valence-electron chi connectivity index (χ3n) is 4.43. The molecule has 4 rings (SSSR count). The molecule has 0 amide bonds. The molecule has 0 aliphatic carbocycles. The van der Waals surface area contributed by atoms with Crippen LogP contribution in [0.2, 0.25) is 0 Å². The van der Waals surface area contributed by atoms with E-state index in [0.717, 1.165) is 16.8 Å². The Balaban J connectivity index is 1.82. The van der Waals surface area contributed by atoms with Crippen molar-refractivity contribution in [2.24, 2.45) is 0 Å². The van der Waals surface area contributed by atoms with Crippen molar-refractivity contribution in [3.8, 4) is 5.69 Å². The Labute approximate surface area is 163 Å². The number of hydrogen-bond acceptors (Lipinski definition) is 6. The predicted octanol–water partition coefficient (Wildman–Crippen LogP) is 4.01. The van der Waals surface area contributed by atoms with Crippen molar-refractivity contribution in [2.45, 2.75) is 26.5 Å². The number of rotatable bonds is 6. The molecule has 0 saturated carbocycles. The molecule has 0 spiro atoms. The molecule has 2 aromatic carbocycles. The number of hydrogen-bond donors (Lipinski definition) is 3. The molecule has 0 bridgehead atoms. The van der Waals surface area contributed by atoms with Crippen molar-refractivity contribution in [2.75, 3.05) is 10.6 Å². The van der Waals surface area contributed by atoms with Crippen molar-refractivity contribution >= 4 is 28.5 Å². The molecule has 4 aromatic rings. The van der Waals surface area contributed by atoms with Gasteiger partial charge >= 0.3 is 0 Å². The van der Waals surface area contributed by atoms with Crippen LogP contribution in [0.3, 0.4) is 0 Å². The molecule has 1 atom stereocenters. The molecule has 0 aliphatic rings. The minimum atomic E-state index is -0.724. The number of nitrogens with zero attached hydrogens (tertiary/aromatic N) is 4. The van der Waals surface area contributed by atoms with Crippen LogP contribution in [0.5, 0.6) is 0 Å². The Bertz CT molecular complexity index is 1080. The molecule has 2 heterocycles. The van der Waals surface area contributed by atoms with E-state index in [4.69, 9.17) is 0 Å². The normalized spacial score (nSPS) is 12.1. The van der Waals surface area contributed by atoms with Crippen molar-refractivity contribution in [1.29, 1.82) is 0 Å². The first-order valence-corrected chi connectivity index (χ1v) is 9.23. The van der Waals surface area contributed by atoms with Gasteiger partial charge in [-0.1, -0.05) is 42.8 Å². The largest absolute Gasteiger partial charge is 0.374 e. The lowest BCUT2D eigenvalue weighted by Crippen LogP contribution is -2.19. The highest BCUT2D eigenvalue weighted by atomic mass is 16.3. The highest BCUT2D eigenvalue weighted by Gasteiger charge is 2.15. The first kappa shape index (κ1) is 17.9. The molecule has 7 nitrogen and oxygen atoms in total. The fourth-order valence-electron chi connectivity index (χ4n) is 2.85. The number of fused-ring (bicyclic) bond motifs is 1. The third-order valence-corrected chi connectivity index (χ3v) is 4.43. The van der Waals surface area contributed by atoms with Crippen LogP contribution in [-0.4, -0.2) is 31.1 Å². The van der Waals surface area contributed by atoms with Gasteiger partial charge in [-0.15, -0.1) is 0 Å². The number of aliphatic hydroxyl groups excluding tert-OH is 1. The van der Waals surface area contributed by atoms with Crippen molar-refractivity contribution in [3.05, 3.63) is 66.4 Å². The van der Waals surface area contributed by atoms with Gasteiger partial charge in [-0.2, -0.15) is 15.1 Å². The Morgan fingerprint density at radius 3 is 2.50 bits per heavy atom. The van der Waals surface area contributed by atoms with Crippen LogP contribution in [0, 0.1) is 6.92 Å². The second-order valence-electron chi connectivity index (χ2n) is 6.58. The molecule has 2 aromatic heterocycles. The van der Waals surface area contributed by atoms with Crippen molar-refractivity contribution < 1.29 is 5.11 Å². The number of nitrogens with one attached hydrogen (secondary N) is 2. The highest BCUT2D eigenvalue weighted by molar-refractivity contribution is 5.90. The summed E-state index contributed by atoms with van der Waals surface area (Å²) in [6.07, 6.45) is 1.57. The van der Waals surface area contributed by atoms with Gasteiger partial charge in [0.2, 0.25) is 5.95 Å². The summed E-state index contributed by atoms with van der Waals surface area (Å²) < 4.78 is 1.76. The number of aliphatic hydroxyl groups is 1. The summed E-state index contributed by atoms with van der Waals surface area (Å²) >= 11 is 0. The zero-order chi connectivity index (χ0) is 19.5. The van der Waals surface area contributed by atoms with Gasteiger partial charge in [0, 0.05) is 5.69 Å². The molecular weight excluding hydrogens is 352 g/mol. The summed E-state index contributed by atoms with van der Waals surface area (Å²) in [5, 5.41) is 21.6. The van der Waals surface area contributed by atoms with Gasteiger partial charge in [0.1, 0.15) is 12.0 Å². The van der Waals surface area contributed by atoms with Crippen LogP contribution < -0.4 is 10.6 Å². The number of benzene rings is 2. The molecule has 142 valence electrons. The SMILES string of the molecule is CCC(O)Nc1nc(Nc2ccc(C)cc2)c2cnn(-c3ccccc3)c2n1. The Morgan fingerprint density at radius 2 is 1.79 bits per heavy atom. The monoisotopic (exact) mass is 374 g/mol. The average Bonchev–Trinajstić information content (AvgIpc) is 3.14. The maximum atomic E-state index is 10.00. The number of para-hydroxylation sites is 1. The zero-order valence-electron chi connectivity index (χ0n) is 15.8. The van der Waals surface area contributed by atoms with Crippen LogP contribution in [0.1, 0.15) is 18.9 Å². The van der Waals surface area contributed by atoms with Gasteiger partial charge in [-0.05, 0) is 37.6 Å². The predicted molar refractivity (Wildman–Crippen MR) is 111 cm³/mol. The van der Waals surface area contributed by atoms with Gasteiger partial charge in [0.05, 0.1) is 17.3 Å². The molecule has 28 heavy (non-hydrogen) atoms. The van der Waals surface area contributed by atoms with Crippen LogP contribution >= 0.6 is 0 Å². The van der Waals surface area contributed by atoms with Gasteiger partial charge < -0.3 is 15.7 Å². The van der Waals surface area contributed by atoms with E-state index in [0.29, 0.717) is 23.8 Å². The molecule has 7 heteroatoms. The quantitative estimate of drug-likeness (QED) is 0.442. The minimum Gasteiger partial charge on any atom is -0.374 e. The van der Waals surface area contributed by atoms with E-state index < -0.39 is 6.23 Å². The smallest absolute Gasteiger partial charge is 0.228 e. The van der Waals surface area contributed by atoms with E-state index in [1.807, 2.05) is 68.4 Å². The number of aromatic nitrogens is 4. The lowest BCUT2D eigenvalue weighted by Gasteiger charge is -2.13. The average molecular weight is 374 g/mol. The van der Waals surface area contributed by atoms with E-state index in [2.05, 4.69) is 25.7 Å². The van der Waals surface area contributed by atoms with E-state index in [1.54, 1.807) is 10.9 Å². The van der Waals surface area contributed by atoms with Gasteiger partial charge in [0.15, 0.2) is 5.65 Å². The van der Waals surface area contributed by atoms with Gasteiger partial charge in [-0.3, -0.25) is 0 Å². The van der Waals surface area contributed by atoms with E-state index in [-0.39, 0.29) is 0 Å². The second-order valence-corrected chi connectivity index (χ2v) is 6.58. The minimum absolute atomic E-state index is 0.342. The van der Waals surface area contributed by atoms with E-state index in [9.17, 15) is 5.11 Å². The Morgan fingerprint density at radius 1 is 1.04 bits per heavy atom.